The van der Waals surface area contributed by atoms with Crippen molar-refractivity contribution in [2.75, 3.05) is 14.2 Å². The van der Waals surface area contributed by atoms with Crippen LogP contribution in [0.5, 0.6) is 11.5 Å². The first-order valence-corrected chi connectivity index (χ1v) is 10.2. The summed E-state index contributed by atoms with van der Waals surface area (Å²) in [6.07, 6.45) is 4.85. The second kappa shape index (κ2) is 11.4. The molecule has 1 saturated carbocycles. The predicted octanol–water partition coefficient (Wildman–Crippen LogP) is 3.50. The molecule has 1 unspecified atom stereocenters. The number of methoxy groups -OCH3 is 2. The van der Waals surface area contributed by atoms with E-state index in [1.54, 1.807) is 14.2 Å². The number of nitrogens with zero attached hydrogens (tertiary/aromatic N) is 4. The summed E-state index contributed by atoms with van der Waals surface area (Å²) in [6, 6.07) is 6.25. The van der Waals surface area contributed by atoms with Crippen LogP contribution in [0, 0.1) is 6.92 Å². The quantitative estimate of drug-likeness (QED) is 0.325. The molecule has 166 valence electrons. The van der Waals surface area contributed by atoms with E-state index in [1.807, 2.05) is 36.7 Å². The molecule has 1 atom stereocenters. The Bertz CT molecular complexity index is 848. The van der Waals surface area contributed by atoms with Crippen molar-refractivity contribution in [2.24, 2.45) is 12.0 Å². The fourth-order valence-electron chi connectivity index (χ4n) is 3.60. The standard InChI is InChI=1S/C21H32N6O2.HI/c1-14(18-12-17(28-4)10-11-19(18)29-5)23-21(24-16-8-6-7-9-16)22-13-20-26-25-15(2)27(20)3;/h10-12,14,16H,6-9,13H2,1-5H3,(H2,22,23,24);1H. The van der Waals surface area contributed by atoms with E-state index in [9.17, 15) is 0 Å². The molecule has 30 heavy (non-hydrogen) atoms. The molecule has 1 fully saturated rings. The highest BCUT2D eigenvalue weighted by Crippen LogP contribution is 2.29. The molecular formula is C21H33IN6O2. The average Bonchev–Trinajstić information content (AvgIpc) is 3.36. The number of rotatable bonds is 7. The second-order valence-electron chi connectivity index (χ2n) is 7.49. The van der Waals surface area contributed by atoms with E-state index < -0.39 is 0 Å². The lowest BCUT2D eigenvalue weighted by Crippen LogP contribution is -2.43. The zero-order valence-electron chi connectivity index (χ0n) is 18.4. The summed E-state index contributed by atoms with van der Waals surface area (Å²) in [5.74, 6) is 4.10. The molecule has 0 aliphatic heterocycles. The minimum absolute atomic E-state index is 0. The van der Waals surface area contributed by atoms with Crippen molar-refractivity contribution >= 4 is 29.9 Å². The number of aryl methyl sites for hydroxylation is 1. The zero-order chi connectivity index (χ0) is 20.8. The van der Waals surface area contributed by atoms with Gasteiger partial charge in [-0.25, -0.2) is 4.99 Å². The second-order valence-corrected chi connectivity index (χ2v) is 7.49. The van der Waals surface area contributed by atoms with Gasteiger partial charge in [0.25, 0.3) is 0 Å². The van der Waals surface area contributed by atoms with Crippen molar-refractivity contribution in [1.29, 1.82) is 0 Å². The normalized spacial score (nSPS) is 15.4. The third-order valence-electron chi connectivity index (χ3n) is 5.51. The number of benzene rings is 1. The van der Waals surface area contributed by atoms with E-state index in [4.69, 9.17) is 14.5 Å². The largest absolute Gasteiger partial charge is 0.497 e. The van der Waals surface area contributed by atoms with Gasteiger partial charge in [-0.05, 0) is 44.9 Å². The Balaban J connectivity index is 0.00000320. The van der Waals surface area contributed by atoms with Crippen LogP contribution < -0.4 is 20.1 Å². The highest BCUT2D eigenvalue weighted by atomic mass is 127. The molecule has 1 aliphatic rings. The van der Waals surface area contributed by atoms with E-state index >= 15 is 0 Å². The number of aromatic nitrogens is 3. The minimum atomic E-state index is -0.0195. The predicted molar refractivity (Wildman–Crippen MR) is 129 cm³/mol. The van der Waals surface area contributed by atoms with Crippen LogP contribution in [0.25, 0.3) is 0 Å². The fraction of sp³-hybridized carbons (Fsp3) is 0.571. The van der Waals surface area contributed by atoms with Gasteiger partial charge in [0.15, 0.2) is 11.8 Å². The number of guanidine groups is 1. The molecule has 8 nitrogen and oxygen atoms in total. The van der Waals surface area contributed by atoms with Gasteiger partial charge in [0.2, 0.25) is 0 Å². The number of halogens is 1. The summed E-state index contributed by atoms with van der Waals surface area (Å²) in [6.45, 7) is 4.49. The van der Waals surface area contributed by atoms with Gasteiger partial charge >= 0.3 is 0 Å². The van der Waals surface area contributed by atoms with Gasteiger partial charge < -0.3 is 24.7 Å². The Morgan fingerprint density at radius 2 is 1.97 bits per heavy atom. The fourth-order valence-corrected chi connectivity index (χ4v) is 3.60. The van der Waals surface area contributed by atoms with E-state index in [-0.39, 0.29) is 30.0 Å². The monoisotopic (exact) mass is 528 g/mol. The lowest BCUT2D eigenvalue weighted by Gasteiger charge is -2.23. The first-order valence-electron chi connectivity index (χ1n) is 10.2. The molecule has 1 aliphatic carbocycles. The van der Waals surface area contributed by atoms with Gasteiger partial charge in [-0.15, -0.1) is 34.2 Å². The molecule has 1 heterocycles. The molecular weight excluding hydrogens is 495 g/mol. The summed E-state index contributed by atoms with van der Waals surface area (Å²) < 4.78 is 12.9. The Kier molecular flexibility index (Phi) is 9.19. The van der Waals surface area contributed by atoms with Gasteiger partial charge in [-0.3, -0.25) is 0 Å². The van der Waals surface area contributed by atoms with Gasteiger partial charge in [0.05, 0.1) is 20.3 Å². The summed E-state index contributed by atoms with van der Waals surface area (Å²) in [5, 5.41) is 15.5. The van der Waals surface area contributed by atoms with Gasteiger partial charge in [-0.1, -0.05) is 12.8 Å². The number of aliphatic imine (C=N–C) groups is 1. The summed E-state index contributed by atoms with van der Waals surface area (Å²) in [5.41, 5.74) is 1.02. The maximum atomic E-state index is 5.55. The highest BCUT2D eigenvalue weighted by molar-refractivity contribution is 14.0. The summed E-state index contributed by atoms with van der Waals surface area (Å²) >= 11 is 0. The molecule has 1 aromatic carbocycles. The topological polar surface area (TPSA) is 85.6 Å². The van der Waals surface area contributed by atoms with Crippen LogP contribution in [0.3, 0.4) is 0 Å². The summed E-state index contributed by atoms with van der Waals surface area (Å²) in [7, 11) is 5.31. The Morgan fingerprint density at radius 3 is 2.57 bits per heavy atom. The SMILES string of the molecule is COc1ccc(OC)c(C(C)NC(=NCc2nnc(C)n2C)NC2CCCC2)c1.I. The Morgan fingerprint density at radius 1 is 1.23 bits per heavy atom. The van der Waals surface area contributed by atoms with Crippen molar-refractivity contribution in [3.63, 3.8) is 0 Å². The lowest BCUT2D eigenvalue weighted by atomic mass is 10.1. The van der Waals surface area contributed by atoms with Crippen LogP contribution in [0.15, 0.2) is 23.2 Å². The molecule has 0 spiro atoms. The average molecular weight is 528 g/mol. The number of ether oxygens (including phenoxy) is 2. The number of hydrogen-bond donors (Lipinski definition) is 2. The van der Waals surface area contributed by atoms with Crippen molar-refractivity contribution in [3.8, 4) is 11.5 Å². The molecule has 1 aromatic heterocycles. The Labute approximate surface area is 195 Å². The van der Waals surface area contributed by atoms with E-state index in [2.05, 4.69) is 27.8 Å². The van der Waals surface area contributed by atoms with Gasteiger partial charge in [0, 0.05) is 18.7 Å². The first-order chi connectivity index (χ1) is 14.0. The van der Waals surface area contributed by atoms with Crippen LogP contribution in [0.2, 0.25) is 0 Å². The van der Waals surface area contributed by atoms with Crippen LogP contribution in [0.1, 0.15) is 55.9 Å². The van der Waals surface area contributed by atoms with E-state index in [0.717, 1.165) is 34.7 Å². The smallest absolute Gasteiger partial charge is 0.192 e. The maximum absolute atomic E-state index is 5.55. The molecule has 2 aromatic rings. The number of nitrogens with one attached hydrogen (secondary N) is 2. The maximum Gasteiger partial charge on any atom is 0.192 e. The lowest BCUT2D eigenvalue weighted by molar-refractivity contribution is 0.394. The van der Waals surface area contributed by atoms with E-state index in [1.165, 1.54) is 25.7 Å². The van der Waals surface area contributed by atoms with Crippen molar-refractivity contribution in [2.45, 2.75) is 58.2 Å². The minimum Gasteiger partial charge on any atom is -0.497 e. The number of hydrogen-bond acceptors (Lipinski definition) is 5. The molecule has 0 saturated heterocycles. The van der Waals surface area contributed by atoms with Gasteiger partial charge in [0.1, 0.15) is 23.9 Å². The zero-order valence-corrected chi connectivity index (χ0v) is 20.8. The van der Waals surface area contributed by atoms with Crippen LogP contribution in [-0.4, -0.2) is 41.0 Å². The molecule has 2 N–H and O–H groups in total. The Hall–Kier alpha value is -2.04. The van der Waals surface area contributed by atoms with Gasteiger partial charge in [-0.2, -0.15) is 0 Å². The molecule has 0 amide bonds. The molecule has 9 heteroatoms. The van der Waals surface area contributed by atoms with Crippen LogP contribution >= 0.6 is 24.0 Å². The van der Waals surface area contributed by atoms with Crippen molar-refractivity contribution in [3.05, 3.63) is 35.4 Å². The third-order valence-corrected chi connectivity index (χ3v) is 5.51. The summed E-state index contributed by atoms with van der Waals surface area (Å²) in [4.78, 5) is 4.79. The highest BCUT2D eigenvalue weighted by Gasteiger charge is 2.19. The molecule has 3 rings (SSSR count). The first kappa shape index (κ1) is 24.2. The van der Waals surface area contributed by atoms with Crippen LogP contribution in [0.4, 0.5) is 0 Å². The van der Waals surface area contributed by atoms with Crippen molar-refractivity contribution < 1.29 is 9.47 Å². The molecule has 0 bridgehead atoms. The van der Waals surface area contributed by atoms with Crippen LogP contribution in [-0.2, 0) is 13.6 Å². The van der Waals surface area contributed by atoms with Crippen molar-refractivity contribution in [1.82, 2.24) is 25.4 Å². The van der Waals surface area contributed by atoms with E-state index in [0.29, 0.717) is 12.6 Å². The third kappa shape index (κ3) is 5.99. The molecule has 0 radical (unpaired) electrons.